The highest BCUT2D eigenvalue weighted by Crippen LogP contribution is 2.58. The molecule has 120 valence electrons. The second-order valence-corrected chi connectivity index (χ2v) is 7.31. The van der Waals surface area contributed by atoms with Crippen molar-refractivity contribution in [2.24, 2.45) is 11.3 Å². The number of alkyl halides is 3. The van der Waals surface area contributed by atoms with E-state index in [4.69, 9.17) is 0 Å². The maximum atomic E-state index is 12.8. The van der Waals surface area contributed by atoms with Gasteiger partial charge in [-0.2, -0.15) is 0 Å². The molecule has 0 amide bonds. The summed E-state index contributed by atoms with van der Waals surface area (Å²) in [7, 11) is 0. The normalized spacial score (nSPS) is 29.9. The summed E-state index contributed by atoms with van der Waals surface area (Å²) in [5.74, 6) is -0.366. The Labute approximate surface area is 127 Å². The van der Waals surface area contributed by atoms with Crippen molar-refractivity contribution in [1.82, 2.24) is 0 Å². The summed E-state index contributed by atoms with van der Waals surface area (Å²) >= 11 is 0. The SMILES string of the molecule is CC1(C)CCC[C@@]2(C)c3cc(OC(F)(F)F)ccc3C(=O)[C@@H]12. The van der Waals surface area contributed by atoms with Gasteiger partial charge in [-0.3, -0.25) is 4.79 Å². The molecule has 0 radical (unpaired) electrons. The van der Waals surface area contributed by atoms with Gasteiger partial charge in [0.1, 0.15) is 5.75 Å². The third-order valence-electron chi connectivity index (χ3n) is 5.30. The highest BCUT2D eigenvalue weighted by atomic mass is 19.4. The van der Waals surface area contributed by atoms with Crippen LogP contribution in [0.5, 0.6) is 5.75 Å². The predicted molar refractivity (Wildman–Crippen MR) is 75.9 cm³/mol. The molecule has 1 aromatic carbocycles. The minimum absolute atomic E-state index is 0.0563. The van der Waals surface area contributed by atoms with Crippen LogP contribution in [-0.2, 0) is 5.41 Å². The quantitative estimate of drug-likeness (QED) is 0.740. The summed E-state index contributed by atoms with van der Waals surface area (Å²) in [5, 5.41) is 0. The van der Waals surface area contributed by atoms with Crippen molar-refractivity contribution in [2.45, 2.75) is 51.8 Å². The van der Waals surface area contributed by atoms with Gasteiger partial charge < -0.3 is 4.74 Å². The molecule has 22 heavy (non-hydrogen) atoms. The molecule has 2 nitrogen and oxygen atoms in total. The van der Waals surface area contributed by atoms with Crippen LogP contribution < -0.4 is 4.74 Å². The second-order valence-electron chi connectivity index (χ2n) is 7.31. The van der Waals surface area contributed by atoms with Crippen molar-refractivity contribution in [3.63, 3.8) is 0 Å². The Balaban J connectivity index is 2.08. The Bertz CT molecular complexity index is 633. The number of carbonyl (C=O) groups is 1. The molecule has 2 aliphatic carbocycles. The fourth-order valence-corrected chi connectivity index (χ4v) is 4.56. The zero-order chi connectivity index (χ0) is 16.3. The van der Waals surface area contributed by atoms with E-state index in [9.17, 15) is 18.0 Å². The van der Waals surface area contributed by atoms with Crippen LogP contribution in [0.1, 0.15) is 56.0 Å². The number of hydrogen-bond acceptors (Lipinski definition) is 2. The Morgan fingerprint density at radius 3 is 2.50 bits per heavy atom. The van der Waals surface area contributed by atoms with Gasteiger partial charge in [0.15, 0.2) is 5.78 Å². The van der Waals surface area contributed by atoms with Crippen LogP contribution in [0.15, 0.2) is 18.2 Å². The summed E-state index contributed by atoms with van der Waals surface area (Å²) in [4.78, 5) is 12.8. The molecule has 1 aromatic rings. The minimum Gasteiger partial charge on any atom is -0.406 e. The van der Waals surface area contributed by atoms with Crippen molar-refractivity contribution in [3.05, 3.63) is 29.3 Å². The Kier molecular flexibility index (Phi) is 3.14. The molecule has 1 fully saturated rings. The third kappa shape index (κ3) is 2.22. The van der Waals surface area contributed by atoms with E-state index in [1.165, 1.54) is 18.2 Å². The number of halogens is 3. The van der Waals surface area contributed by atoms with Gasteiger partial charge in [0, 0.05) is 16.9 Å². The molecule has 0 aliphatic heterocycles. The smallest absolute Gasteiger partial charge is 0.406 e. The molecule has 0 unspecified atom stereocenters. The summed E-state index contributed by atoms with van der Waals surface area (Å²) in [6.07, 6.45) is -1.98. The predicted octanol–water partition coefficient (Wildman–Crippen LogP) is 4.87. The molecule has 0 bridgehead atoms. The van der Waals surface area contributed by atoms with Crippen molar-refractivity contribution in [2.75, 3.05) is 0 Å². The van der Waals surface area contributed by atoms with E-state index in [2.05, 4.69) is 18.6 Å². The van der Waals surface area contributed by atoms with Crippen molar-refractivity contribution >= 4 is 5.78 Å². The summed E-state index contributed by atoms with van der Waals surface area (Å²) in [6, 6.07) is 4.12. The molecule has 0 spiro atoms. The highest BCUT2D eigenvalue weighted by molar-refractivity contribution is 6.04. The van der Waals surface area contributed by atoms with E-state index >= 15 is 0 Å². The molecule has 0 aromatic heterocycles. The highest BCUT2D eigenvalue weighted by Gasteiger charge is 2.56. The number of hydrogen-bond donors (Lipinski definition) is 0. The van der Waals surface area contributed by atoms with E-state index in [0.717, 1.165) is 19.3 Å². The molecule has 3 rings (SSSR count). The first-order chi connectivity index (χ1) is 10.0. The van der Waals surface area contributed by atoms with Crippen LogP contribution in [-0.4, -0.2) is 12.1 Å². The van der Waals surface area contributed by atoms with Crippen LogP contribution in [0.25, 0.3) is 0 Å². The van der Waals surface area contributed by atoms with Crippen molar-refractivity contribution < 1.29 is 22.7 Å². The molecular weight excluding hydrogens is 293 g/mol. The number of ether oxygens (including phenoxy) is 1. The van der Waals surface area contributed by atoms with E-state index in [0.29, 0.717) is 11.1 Å². The monoisotopic (exact) mass is 312 g/mol. The van der Waals surface area contributed by atoms with Gasteiger partial charge in [0.25, 0.3) is 0 Å². The molecule has 2 aliphatic rings. The number of Topliss-reactive ketones (excluding diaryl/α,β-unsaturated/α-hetero) is 1. The van der Waals surface area contributed by atoms with E-state index < -0.39 is 11.8 Å². The summed E-state index contributed by atoms with van der Waals surface area (Å²) < 4.78 is 41.3. The first kappa shape index (κ1) is 15.4. The minimum atomic E-state index is -4.72. The van der Waals surface area contributed by atoms with Crippen LogP contribution in [0.2, 0.25) is 0 Å². The molecule has 0 saturated heterocycles. The van der Waals surface area contributed by atoms with Crippen LogP contribution in [0.3, 0.4) is 0 Å². The van der Waals surface area contributed by atoms with E-state index in [-0.39, 0.29) is 22.9 Å². The van der Waals surface area contributed by atoms with Gasteiger partial charge in [0.2, 0.25) is 0 Å². The average Bonchev–Trinajstić information content (AvgIpc) is 2.57. The van der Waals surface area contributed by atoms with Crippen LogP contribution in [0.4, 0.5) is 13.2 Å². The average molecular weight is 312 g/mol. The fourth-order valence-electron chi connectivity index (χ4n) is 4.56. The topological polar surface area (TPSA) is 26.3 Å². The number of rotatable bonds is 1. The Hall–Kier alpha value is -1.52. The van der Waals surface area contributed by atoms with Gasteiger partial charge in [-0.1, -0.05) is 27.2 Å². The largest absolute Gasteiger partial charge is 0.573 e. The Morgan fingerprint density at radius 1 is 1.18 bits per heavy atom. The second kappa shape index (κ2) is 4.49. The van der Waals surface area contributed by atoms with Gasteiger partial charge >= 0.3 is 6.36 Å². The number of benzene rings is 1. The van der Waals surface area contributed by atoms with Crippen molar-refractivity contribution in [3.8, 4) is 5.75 Å². The molecule has 1 saturated carbocycles. The molecule has 0 N–H and O–H groups in total. The fraction of sp³-hybridized carbons (Fsp3) is 0.588. The lowest BCUT2D eigenvalue weighted by Crippen LogP contribution is -2.44. The summed E-state index contributed by atoms with van der Waals surface area (Å²) in [5.41, 5.74) is 0.710. The Morgan fingerprint density at radius 2 is 1.86 bits per heavy atom. The third-order valence-corrected chi connectivity index (χ3v) is 5.30. The molecule has 5 heteroatoms. The van der Waals surface area contributed by atoms with E-state index in [1.54, 1.807) is 0 Å². The zero-order valence-electron chi connectivity index (χ0n) is 12.9. The summed E-state index contributed by atoms with van der Waals surface area (Å²) in [6.45, 7) is 6.15. The van der Waals surface area contributed by atoms with Gasteiger partial charge in [-0.25, -0.2) is 0 Å². The number of carbonyl (C=O) groups excluding carboxylic acids is 1. The zero-order valence-corrected chi connectivity index (χ0v) is 12.9. The van der Waals surface area contributed by atoms with Crippen LogP contribution in [0, 0.1) is 11.3 Å². The number of fused-ring (bicyclic) bond motifs is 3. The van der Waals surface area contributed by atoms with E-state index in [1.807, 2.05) is 6.92 Å². The maximum absolute atomic E-state index is 12.8. The van der Waals surface area contributed by atoms with Crippen LogP contribution >= 0.6 is 0 Å². The molecule has 2 atom stereocenters. The van der Waals surface area contributed by atoms with Gasteiger partial charge in [-0.05, 0) is 42.0 Å². The number of ketones is 1. The van der Waals surface area contributed by atoms with Gasteiger partial charge in [0.05, 0.1) is 0 Å². The lowest BCUT2D eigenvalue weighted by molar-refractivity contribution is -0.274. The first-order valence-electron chi connectivity index (χ1n) is 7.49. The standard InChI is InChI=1S/C17H19F3O2/c1-15(2)7-4-8-16(3)12-9-10(22-17(18,19)20)5-6-11(12)13(21)14(15)16/h5-6,9,14H,4,7-8H2,1-3H3/t14-,16-/m0/s1. The molecule has 0 heterocycles. The maximum Gasteiger partial charge on any atom is 0.573 e. The van der Waals surface area contributed by atoms with Gasteiger partial charge in [-0.15, -0.1) is 13.2 Å². The molecular formula is C17H19F3O2. The lowest BCUT2D eigenvalue weighted by Gasteiger charge is -2.46. The lowest BCUT2D eigenvalue weighted by atomic mass is 9.56. The van der Waals surface area contributed by atoms with Crippen molar-refractivity contribution in [1.29, 1.82) is 0 Å². The first-order valence-corrected chi connectivity index (χ1v) is 7.49.